The van der Waals surface area contributed by atoms with Crippen molar-refractivity contribution in [1.29, 1.82) is 0 Å². The maximum absolute atomic E-state index is 5.98. The maximum Gasteiger partial charge on any atom is 0.178 e. The first-order valence-electron chi connectivity index (χ1n) is 5.19. The Balaban J connectivity index is 2.19. The summed E-state index contributed by atoms with van der Waals surface area (Å²) in [6, 6.07) is 7.25. The minimum Gasteiger partial charge on any atom is -0.399 e. The largest absolute Gasteiger partial charge is 0.399 e. The van der Waals surface area contributed by atoms with Crippen molar-refractivity contribution < 1.29 is 0 Å². The van der Waals surface area contributed by atoms with Crippen LogP contribution in [0.3, 0.4) is 0 Å². The maximum atomic E-state index is 5.98. The Labute approximate surface area is 116 Å². The second-order valence-electron chi connectivity index (χ2n) is 3.88. The third kappa shape index (κ3) is 2.07. The van der Waals surface area contributed by atoms with Gasteiger partial charge in [0.1, 0.15) is 5.82 Å². The number of hydrogen-bond donors (Lipinski definition) is 2. The quantitative estimate of drug-likeness (QED) is 0.672. The molecule has 0 spiro atoms. The van der Waals surface area contributed by atoms with Gasteiger partial charge in [-0.15, -0.1) is 0 Å². The fourth-order valence-electron chi connectivity index (χ4n) is 1.76. The molecule has 4 nitrogen and oxygen atoms in total. The summed E-state index contributed by atoms with van der Waals surface area (Å²) in [6.07, 6.45) is 1.71. The number of anilines is 1. The summed E-state index contributed by atoms with van der Waals surface area (Å²) in [7, 11) is 0. The number of nitrogens with two attached hydrogens (primary N) is 1. The third-order valence-corrected chi connectivity index (χ3v) is 3.15. The van der Waals surface area contributed by atoms with Crippen LogP contribution in [-0.4, -0.2) is 15.0 Å². The predicted molar refractivity (Wildman–Crippen MR) is 76.4 cm³/mol. The van der Waals surface area contributed by atoms with E-state index in [4.69, 9.17) is 17.3 Å². The molecule has 2 heterocycles. The fraction of sp³-hybridized carbons (Fsp3) is 0. The molecule has 0 aliphatic carbocycles. The fourth-order valence-corrected chi connectivity index (χ4v) is 2.34. The van der Waals surface area contributed by atoms with Crippen molar-refractivity contribution in [1.82, 2.24) is 15.0 Å². The van der Waals surface area contributed by atoms with E-state index in [0.717, 1.165) is 15.6 Å². The number of pyridine rings is 1. The zero-order valence-corrected chi connectivity index (χ0v) is 11.5. The Hall–Kier alpha value is -1.59. The molecule has 0 aliphatic rings. The molecule has 0 saturated heterocycles. The number of halogens is 2. The average molecular weight is 324 g/mol. The molecule has 0 atom stereocenters. The second-order valence-corrected chi connectivity index (χ2v) is 5.24. The summed E-state index contributed by atoms with van der Waals surface area (Å²) < 4.78 is 0.899. The molecule has 0 fully saturated rings. The van der Waals surface area contributed by atoms with Gasteiger partial charge in [0, 0.05) is 26.9 Å². The summed E-state index contributed by atoms with van der Waals surface area (Å²) >= 11 is 9.35. The van der Waals surface area contributed by atoms with E-state index in [0.29, 0.717) is 22.2 Å². The topological polar surface area (TPSA) is 67.6 Å². The van der Waals surface area contributed by atoms with Gasteiger partial charge in [-0.3, -0.25) is 0 Å². The van der Waals surface area contributed by atoms with Gasteiger partial charge in [0.25, 0.3) is 0 Å². The molecular weight excluding hydrogens is 316 g/mol. The van der Waals surface area contributed by atoms with E-state index < -0.39 is 0 Å². The van der Waals surface area contributed by atoms with Crippen molar-refractivity contribution in [2.75, 3.05) is 5.73 Å². The Morgan fingerprint density at radius 3 is 2.83 bits per heavy atom. The molecule has 0 amide bonds. The van der Waals surface area contributed by atoms with E-state index in [2.05, 4.69) is 30.9 Å². The highest BCUT2D eigenvalue weighted by Crippen LogP contribution is 2.26. The van der Waals surface area contributed by atoms with Crippen LogP contribution in [0.1, 0.15) is 0 Å². The smallest absolute Gasteiger partial charge is 0.178 e. The Morgan fingerprint density at radius 2 is 2.06 bits per heavy atom. The minimum atomic E-state index is 0.583. The van der Waals surface area contributed by atoms with Crippen molar-refractivity contribution in [2.45, 2.75) is 0 Å². The van der Waals surface area contributed by atoms with Crippen molar-refractivity contribution >= 4 is 44.4 Å². The van der Waals surface area contributed by atoms with Gasteiger partial charge in [-0.2, -0.15) is 0 Å². The third-order valence-electron chi connectivity index (χ3n) is 2.50. The van der Waals surface area contributed by atoms with Gasteiger partial charge >= 0.3 is 0 Å². The number of hydrogen-bond acceptors (Lipinski definition) is 3. The lowest BCUT2D eigenvalue weighted by molar-refractivity contribution is 1.30. The molecule has 90 valence electrons. The molecule has 6 heteroatoms. The molecule has 18 heavy (non-hydrogen) atoms. The highest BCUT2D eigenvalue weighted by molar-refractivity contribution is 9.10. The van der Waals surface area contributed by atoms with Gasteiger partial charge in [0.05, 0.1) is 5.52 Å². The minimum absolute atomic E-state index is 0.583. The summed E-state index contributed by atoms with van der Waals surface area (Å²) in [5.74, 6) is 0.699. The zero-order chi connectivity index (χ0) is 12.7. The average Bonchev–Trinajstić information content (AvgIpc) is 2.70. The number of H-pyrrole nitrogens is 1. The highest BCUT2D eigenvalue weighted by atomic mass is 79.9. The number of imidazole rings is 1. The van der Waals surface area contributed by atoms with Crippen LogP contribution >= 0.6 is 27.5 Å². The summed E-state index contributed by atoms with van der Waals surface area (Å²) in [5.41, 5.74) is 8.73. The molecule has 3 aromatic rings. The van der Waals surface area contributed by atoms with Crippen molar-refractivity contribution in [3.8, 4) is 11.4 Å². The number of nitrogens with zero attached hydrogens (tertiary/aromatic N) is 2. The molecule has 3 rings (SSSR count). The predicted octanol–water partition coefficient (Wildman–Crippen LogP) is 3.62. The number of nitrogens with one attached hydrogen (secondary N) is 1. The standard InChI is InChI=1S/C12H8BrClN4/c13-7-3-10-12(16-5-7)18-11(17-10)6-1-8(14)4-9(15)2-6/h1-5H,15H2,(H,16,17,18). The molecule has 3 N–H and O–H groups in total. The first-order valence-corrected chi connectivity index (χ1v) is 6.36. The van der Waals surface area contributed by atoms with Gasteiger partial charge in [0.2, 0.25) is 0 Å². The van der Waals surface area contributed by atoms with Crippen LogP contribution in [0.15, 0.2) is 34.9 Å². The number of aromatic nitrogens is 3. The molecule has 0 unspecified atom stereocenters. The lowest BCUT2D eigenvalue weighted by atomic mass is 10.2. The van der Waals surface area contributed by atoms with Gasteiger partial charge in [-0.1, -0.05) is 11.6 Å². The summed E-state index contributed by atoms with van der Waals surface area (Å²) in [5, 5.41) is 0.583. The van der Waals surface area contributed by atoms with Crippen LogP contribution in [0.25, 0.3) is 22.6 Å². The van der Waals surface area contributed by atoms with Crippen LogP contribution in [0.2, 0.25) is 5.02 Å². The lowest BCUT2D eigenvalue weighted by Crippen LogP contribution is -1.87. The number of rotatable bonds is 1. The zero-order valence-electron chi connectivity index (χ0n) is 9.11. The lowest BCUT2D eigenvalue weighted by Gasteiger charge is -1.99. The second kappa shape index (κ2) is 4.26. The van der Waals surface area contributed by atoms with E-state index in [1.165, 1.54) is 0 Å². The summed E-state index contributed by atoms with van der Waals surface area (Å²) in [6.45, 7) is 0. The molecule has 0 radical (unpaired) electrons. The SMILES string of the molecule is Nc1cc(Cl)cc(-c2nc3ncc(Br)cc3[nH]2)c1. The van der Waals surface area contributed by atoms with Gasteiger partial charge in [-0.25, -0.2) is 9.97 Å². The van der Waals surface area contributed by atoms with E-state index in [1.54, 1.807) is 12.3 Å². The molecular formula is C12H8BrClN4. The van der Waals surface area contributed by atoms with E-state index in [-0.39, 0.29) is 0 Å². The first-order chi connectivity index (χ1) is 8.61. The number of fused-ring (bicyclic) bond motifs is 1. The normalized spacial score (nSPS) is 11.0. The van der Waals surface area contributed by atoms with E-state index in [9.17, 15) is 0 Å². The molecule has 0 bridgehead atoms. The Morgan fingerprint density at radius 1 is 1.22 bits per heavy atom. The Kier molecular flexibility index (Phi) is 2.72. The van der Waals surface area contributed by atoms with Gasteiger partial charge < -0.3 is 10.7 Å². The highest BCUT2D eigenvalue weighted by Gasteiger charge is 2.08. The van der Waals surface area contributed by atoms with Crippen LogP contribution in [0, 0.1) is 0 Å². The van der Waals surface area contributed by atoms with Crippen LogP contribution in [-0.2, 0) is 0 Å². The van der Waals surface area contributed by atoms with Gasteiger partial charge in [0.15, 0.2) is 5.65 Å². The molecule has 2 aromatic heterocycles. The van der Waals surface area contributed by atoms with Crippen LogP contribution < -0.4 is 5.73 Å². The number of nitrogen functional groups attached to an aromatic ring is 1. The van der Waals surface area contributed by atoms with Crippen molar-refractivity contribution in [3.63, 3.8) is 0 Å². The van der Waals surface area contributed by atoms with Gasteiger partial charge in [-0.05, 0) is 40.2 Å². The summed E-state index contributed by atoms with van der Waals surface area (Å²) in [4.78, 5) is 11.8. The molecule has 1 aromatic carbocycles. The monoisotopic (exact) mass is 322 g/mol. The van der Waals surface area contributed by atoms with Crippen molar-refractivity contribution in [3.05, 3.63) is 40.0 Å². The number of benzene rings is 1. The van der Waals surface area contributed by atoms with E-state index >= 15 is 0 Å². The first kappa shape index (κ1) is 11.5. The molecule has 0 aliphatic heterocycles. The Bertz CT molecular complexity index is 718. The van der Waals surface area contributed by atoms with Crippen LogP contribution in [0.5, 0.6) is 0 Å². The van der Waals surface area contributed by atoms with Crippen molar-refractivity contribution in [2.24, 2.45) is 0 Å². The van der Waals surface area contributed by atoms with Crippen LogP contribution in [0.4, 0.5) is 5.69 Å². The van der Waals surface area contributed by atoms with E-state index in [1.807, 2.05) is 18.2 Å². The number of aromatic amines is 1. The molecule has 0 saturated carbocycles.